The average molecular weight is 368 g/mol. The lowest BCUT2D eigenvalue weighted by molar-refractivity contribution is -0.136. The van der Waals surface area contributed by atoms with Gasteiger partial charge in [-0.15, -0.1) is 0 Å². The first-order chi connectivity index (χ1) is 13.0. The van der Waals surface area contributed by atoms with Gasteiger partial charge in [-0.3, -0.25) is 24.6 Å². The van der Waals surface area contributed by atoms with Gasteiger partial charge in [0.05, 0.1) is 0 Å². The van der Waals surface area contributed by atoms with Crippen molar-refractivity contribution in [1.82, 2.24) is 15.1 Å². The lowest BCUT2D eigenvalue weighted by Gasteiger charge is -2.52. The summed E-state index contributed by atoms with van der Waals surface area (Å²) in [5.74, 6) is 0.469. The molecule has 0 radical (unpaired) electrons. The molecule has 3 N–H and O–H groups in total. The molecule has 142 valence electrons. The highest BCUT2D eigenvalue weighted by atomic mass is 16.2. The van der Waals surface area contributed by atoms with Gasteiger partial charge in [0, 0.05) is 44.2 Å². The van der Waals surface area contributed by atoms with Gasteiger partial charge in [0.25, 0.3) is 5.91 Å². The van der Waals surface area contributed by atoms with Crippen molar-refractivity contribution >= 4 is 17.7 Å². The number of fused-ring (bicyclic) bond motifs is 3. The molecule has 1 aromatic rings. The Hall–Kier alpha value is -2.25. The van der Waals surface area contributed by atoms with Crippen molar-refractivity contribution in [3.63, 3.8) is 0 Å². The first-order valence-electron chi connectivity index (χ1n) is 9.74. The fraction of sp³-hybridized carbons (Fsp3) is 0.550. The minimum atomic E-state index is -0.559. The summed E-state index contributed by atoms with van der Waals surface area (Å²) < 4.78 is 0. The van der Waals surface area contributed by atoms with E-state index in [9.17, 15) is 14.4 Å². The fourth-order valence-electron chi connectivity index (χ4n) is 5.19. The van der Waals surface area contributed by atoms with Crippen LogP contribution >= 0.6 is 0 Å². The van der Waals surface area contributed by atoms with Crippen LogP contribution in [-0.4, -0.2) is 52.7 Å². The second-order valence-electron chi connectivity index (χ2n) is 8.37. The Morgan fingerprint density at radius 3 is 2.63 bits per heavy atom. The zero-order valence-corrected chi connectivity index (χ0v) is 15.2. The van der Waals surface area contributed by atoms with Crippen molar-refractivity contribution in [1.29, 1.82) is 0 Å². The Morgan fingerprint density at radius 2 is 1.93 bits per heavy atom. The maximum Gasteiger partial charge on any atom is 0.255 e. The van der Waals surface area contributed by atoms with Crippen molar-refractivity contribution in [3.8, 4) is 0 Å². The highest BCUT2D eigenvalue weighted by Crippen LogP contribution is 2.39. The molecule has 6 rings (SSSR count). The van der Waals surface area contributed by atoms with Crippen LogP contribution in [0.5, 0.6) is 0 Å². The molecule has 4 heterocycles. The van der Waals surface area contributed by atoms with Gasteiger partial charge in [-0.05, 0) is 41.9 Å². The first kappa shape index (κ1) is 16.9. The van der Waals surface area contributed by atoms with Crippen LogP contribution in [0.3, 0.4) is 0 Å². The van der Waals surface area contributed by atoms with E-state index in [4.69, 9.17) is 5.73 Å². The molecule has 5 aliphatic rings. The van der Waals surface area contributed by atoms with Gasteiger partial charge in [0.2, 0.25) is 11.8 Å². The molecular formula is C20H24N4O3. The summed E-state index contributed by atoms with van der Waals surface area (Å²) in [6.45, 7) is 3.30. The number of nitrogens with zero attached hydrogens (tertiary/aromatic N) is 2. The SMILES string of the molecule is NC1[C@@H]2C[C@H]1CN(Cc1cccc3c1CN(C1CCC(=O)NC1=O)C3=O)C2. The summed E-state index contributed by atoms with van der Waals surface area (Å²) in [7, 11) is 0. The molecule has 1 aliphatic carbocycles. The third-order valence-electron chi connectivity index (χ3n) is 6.75. The number of hydrogen-bond donors (Lipinski definition) is 2. The average Bonchev–Trinajstić information content (AvgIpc) is 2.99. The summed E-state index contributed by atoms with van der Waals surface area (Å²) in [6, 6.07) is 5.65. The number of hydrogen-bond acceptors (Lipinski definition) is 5. The molecule has 4 aliphatic heterocycles. The lowest BCUT2D eigenvalue weighted by Crippen LogP contribution is -2.61. The molecule has 4 atom stereocenters. The van der Waals surface area contributed by atoms with Crippen LogP contribution < -0.4 is 11.1 Å². The van der Waals surface area contributed by atoms with Crippen LogP contribution in [0.4, 0.5) is 0 Å². The van der Waals surface area contributed by atoms with Gasteiger partial charge in [-0.1, -0.05) is 12.1 Å². The summed E-state index contributed by atoms with van der Waals surface area (Å²) >= 11 is 0. The Kier molecular flexibility index (Phi) is 3.84. The predicted octanol–water partition coefficient (Wildman–Crippen LogP) is 0.227. The van der Waals surface area contributed by atoms with E-state index >= 15 is 0 Å². The van der Waals surface area contributed by atoms with E-state index in [0.717, 1.165) is 30.8 Å². The number of rotatable bonds is 3. The molecule has 4 fully saturated rings. The second kappa shape index (κ2) is 6.14. The van der Waals surface area contributed by atoms with Gasteiger partial charge in [0.1, 0.15) is 6.04 Å². The van der Waals surface area contributed by atoms with E-state index in [1.807, 2.05) is 12.1 Å². The Labute approximate surface area is 157 Å². The van der Waals surface area contributed by atoms with Crippen LogP contribution in [0.15, 0.2) is 18.2 Å². The number of amides is 3. The summed E-state index contributed by atoms with van der Waals surface area (Å²) in [4.78, 5) is 40.6. The molecule has 3 amide bonds. The van der Waals surface area contributed by atoms with Gasteiger partial charge < -0.3 is 10.6 Å². The quantitative estimate of drug-likeness (QED) is 0.745. The third kappa shape index (κ3) is 2.68. The van der Waals surface area contributed by atoms with E-state index in [1.54, 1.807) is 4.90 Å². The van der Waals surface area contributed by atoms with Crippen LogP contribution in [0.25, 0.3) is 0 Å². The van der Waals surface area contributed by atoms with Gasteiger partial charge >= 0.3 is 0 Å². The third-order valence-corrected chi connectivity index (χ3v) is 6.75. The number of imide groups is 1. The van der Waals surface area contributed by atoms with Gasteiger partial charge in [0.15, 0.2) is 0 Å². The minimum absolute atomic E-state index is 0.107. The second-order valence-corrected chi connectivity index (χ2v) is 8.37. The Morgan fingerprint density at radius 1 is 1.15 bits per heavy atom. The predicted molar refractivity (Wildman–Crippen MR) is 97.3 cm³/mol. The zero-order valence-electron chi connectivity index (χ0n) is 15.2. The molecule has 2 unspecified atom stereocenters. The fourth-order valence-corrected chi connectivity index (χ4v) is 5.19. The molecule has 0 aromatic heterocycles. The normalized spacial score (nSPS) is 32.9. The Bertz CT molecular complexity index is 827. The molecular weight excluding hydrogens is 344 g/mol. The maximum atomic E-state index is 12.9. The molecule has 1 aromatic carbocycles. The molecule has 1 saturated carbocycles. The van der Waals surface area contributed by atoms with Crippen molar-refractivity contribution in [2.75, 3.05) is 13.1 Å². The highest BCUT2D eigenvalue weighted by molar-refractivity contribution is 6.05. The zero-order chi connectivity index (χ0) is 18.7. The number of carbonyl (C=O) groups excluding carboxylic acids is 3. The van der Waals surface area contributed by atoms with Gasteiger partial charge in [-0.25, -0.2) is 0 Å². The Balaban J connectivity index is 1.35. The van der Waals surface area contributed by atoms with Crippen LogP contribution in [0.2, 0.25) is 0 Å². The van der Waals surface area contributed by atoms with E-state index in [1.165, 1.54) is 6.42 Å². The van der Waals surface area contributed by atoms with Crippen molar-refractivity contribution < 1.29 is 14.4 Å². The van der Waals surface area contributed by atoms with Crippen molar-refractivity contribution in [2.45, 2.75) is 44.4 Å². The molecule has 7 nitrogen and oxygen atoms in total. The molecule has 27 heavy (non-hydrogen) atoms. The summed E-state index contributed by atoms with van der Waals surface area (Å²) in [5, 5.41) is 2.36. The number of carbonyl (C=O) groups is 3. The van der Waals surface area contributed by atoms with Crippen molar-refractivity contribution in [2.24, 2.45) is 17.6 Å². The summed E-state index contributed by atoms with van der Waals surface area (Å²) in [5.41, 5.74) is 9.05. The monoisotopic (exact) mass is 368 g/mol. The van der Waals surface area contributed by atoms with E-state index in [0.29, 0.717) is 36.4 Å². The number of benzene rings is 1. The topological polar surface area (TPSA) is 95.7 Å². The smallest absolute Gasteiger partial charge is 0.255 e. The van der Waals surface area contributed by atoms with Gasteiger partial charge in [-0.2, -0.15) is 0 Å². The molecule has 0 spiro atoms. The van der Waals surface area contributed by atoms with Crippen molar-refractivity contribution in [3.05, 3.63) is 34.9 Å². The van der Waals surface area contributed by atoms with Crippen LogP contribution in [-0.2, 0) is 22.7 Å². The molecule has 7 heteroatoms. The van der Waals surface area contributed by atoms with E-state index < -0.39 is 6.04 Å². The lowest BCUT2D eigenvalue weighted by atomic mass is 9.66. The van der Waals surface area contributed by atoms with E-state index in [-0.39, 0.29) is 24.1 Å². The first-order valence-corrected chi connectivity index (χ1v) is 9.74. The number of nitrogens with one attached hydrogen (secondary N) is 1. The number of nitrogens with two attached hydrogens (primary N) is 1. The number of piperidine rings is 3. The van der Waals surface area contributed by atoms with Crippen LogP contribution in [0.1, 0.15) is 40.7 Å². The standard InChI is InChI=1S/C20H24N4O3/c21-18-12-6-13(18)9-23(8-12)7-11-2-1-3-14-15(11)10-24(20(14)27)16-4-5-17(25)22-19(16)26/h1-3,12-13,16,18H,4-10,21H2,(H,22,25,26)/t12-,13+,16?,18?. The molecule has 2 bridgehead atoms. The minimum Gasteiger partial charge on any atom is -0.327 e. The maximum absolute atomic E-state index is 12.9. The van der Waals surface area contributed by atoms with Crippen LogP contribution in [0, 0.1) is 11.8 Å². The summed E-state index contributed by atoms with van der Waals surface area (Å²) in [6.07, 6.45) is 1.92. The highest BCUT2D eigenvalue weighted by Gasteiger charge is 2.45. The molecule has 3 saturated heterocycles. The largest absolute Gasteiger partial charge is 0.327 e. The van der Waals surface area contributed by atoms with E-state index in [2.05, 4.69) is 16.3 Å².